The van der Waals surface area contributed by atoms with Gasteiger partial charge in [-0.2, -0.15) is 0 Å². The van der Waals surface area contributed by atoms with Gasteiger partial charge in [0, 0.05) is 33.9 Å². The molecular weight excluding hydrogens is 478 g/mol. The molecule has 1 aliphatic heterocycles. The summed E-state index contributed by atoms with van der Waals surface area (Å²) < 4.78 is 11.5. The van der Waals surface area contributed by atoms with Crippen molar-refractivity contribution in [3.63, 3.8) is 0 Å². The summed E-state index contributed by atoms with van der Waals surface area (Å²) in [5.74, 6) is 0.591. The Bertz CT molecular complexity index is 1550. The van der Waals surface area contributed by atoms with E-state index in [1.54, 1.807) is 37.3 Å². The van der Waals surface area contributed by atoms with Crippen LogP contribution in [-0.2, 0) is 11.3 Å². The van der Waals surface area contributed by atoms with Crippen LogP contribution in [0.5, 0.6) is 11.5 Å². The fourth-order valence-corrected chi connectivity index (χ4v) is 4.69. The Balaban J connectivity index is 1.76. The lowest BCUT2D eigenvalue weighted by atomic mass is 9.93. The van der Waals surface area contributed by atoms with Crippen molar-refractivity contribution >= 4 is 23.2 Å². The first kappa shape index (κ1) is 24.8. The van der Waals surface area contributed by atoms with E-state index in [9.17, 15) is 9.59 Å². The average Bonchev–Trinajstić information content (AvgIpc) is 3.08. The fraction of sp³-hybridized carbons (Fsp3) is 0.129. The monoisotopic (exact) mass is 505 g/mol. The quantitative estimate of drug-likeness (QED) is 0.388. The minimum atomic E-state index is -0.535. The number of nitrogens with two attached hydrogens (primary N) is 1. The van der Waals surface area contributed by atoms with Crippen molar-refractivity contribution in [2.24, 2.45) is 10.7 Å². The molecule has 1 aliphatic rings. The molecule has 0 saturated carbocycles. The minimum Gasteiger partial charge on any atom is -0.496 e. The molecule has 5 rings (SSSR count). The molecule has 0 aromatic heterocycles. The molecule has 4 aromatic rings. The van der Waals surface area contributed by atoms with Crippen molar-refractivity contribution in [2.75, 3.05) is 25.7 Å². The maximum absolute atomic E-state index is 13.5. The van der Waals surface area contributed by atoms with E-state index in [1.807, 2.05) is 72.8 Å². The first-order chi connectivity index (χ1) is 18.5. The maximum atomic E-state index is 13.5. The number of para-hydroxylation sites is 1. The van der Waals surface area contributed by atoms with Gasteiger partial charge in [0.05, 0.1) is 32.2 Å². The van der Waals surface area contributed by atoms with Crippen molar-refractivity contribution in [1.29, 1.82) is 0 Å². The summed E-state index contributed by atoms with van der Waals surface area (Å²) in [6, 6.07) is 28.3. The standard InChI is InChI=1S/C31H27N3O4/c1-37-27-14-7-6-13-23(27)24-16-25-26(17-28(24)38-2)34(19-20-9-4-3-5-10-20)29(35)18-33-30(25)21-11-8-12-22(15-21)31(32)36/h3-17H,18-19H2,1-2H3,(H2,32,36). The predicted octanol–water partition coefficient (Wildman–Crippen LogP) is 4.85. The third-order valence-electron chi connectivity index (χ3n) is 6.54. The Kier molecular flexibility index (Phi) is 6.91. The zero-order chi connectivity index (χ0) is 26.6. The summed E-state index contributed by atoms with van der Waals surface area (Å²) in [7, 11) is 3.23. The summed E-state index contributed by atoms with van der Waals surface area (Å²) in [5, 5.41) is 0. The molecule has 0 unspecified atom stereocenters. The van der Waals surface area contributed by atoms with Gasteiger partial charge >= 0.3 is 0 Å². The molecule has 7 heteroatoms. The van der Waals surface area contributed by atoms with Gasteiger partial charge in [-0.05, 0) is 29.8 Å². The number of nitrogens with zero attached hydrogens (tertiary/aromatic N) is 2. The van der Waals surface area contributed by atoms with Gasteiger partial charge in [-0.3, -0.25) is 14.6 Å². The van der Waals surface area contributed by atoms with Gasteiger partial charge in [0.15, 0.2) is 0 Å². The zero-order valence-electron chi connectivity index (χ0n) is 21.2. The van der Waals surface area contributed by atoms with Crippen molar-refractivity contribution in [3.05, 3.63) is 113 Å². The largest absolute Gasteiger partial charge is 0.496 e. The van der Waals surface area contributed by atoms with E-state index < -0.39 is 5.91 Å². The lowest BCUT2D eigenvalue weighted by Gasteiger charge is -2.25. The Morgan fingerprint density at radius 3 is 2.32 bits per heavy atom. The lowest BCUT2D eigenvalue weighted by Crippen LogP contribution is -2.32. The number of benzene rings is 4. The van der Waals surface area contributed by atoms with Gasteiger partial charge in [-0.25, -0.2) is 0 Å². The van der Waals surface area contributed by atoms with Crippen LogP contribution < -0.4 is 20.1 Å². The SMILES string of the molecule is COc1ccccc1-c1cc2c(cc1OC)N(Cc1ccccc1)C(=O)CN=C2c1cccc(C(N)=O)c1. The number of primary amides is 1. The van der Waals surface area contributed by atoms with Crippen molar-refractivity contribution < 1.29 is 19.1 Å². The Hall–Kier alpha value is -4.91. The number of rotatable bonds is 7. The number of anilines is 1. The van der Waals surface area contributed by atoms with Gasteiger partial charge in [0.25, 0.3) is 0 Å². The van der Waals surface area contributed by atoms with Crippen LogP contribution in [0.4, 0.5) is 5.69 Å². The molecule has 0 fully saturated rings. The van der Waals surface area contributed by atoms with E-state index in [1.165, 1.54) is 0 Å². The molecule has 0 radical (unpaired) electrons. The molecule has 0 spiro atoms. The third kappa shape index (κ3) is 4.74. The molecule has 2 N–H and O–H groups in total. The van der Waals surface area contributed by atoms with Crippen LogP contribution in [0.3, 0.4) is 0 Å². The number of hydrogen-bond acceptors (Lipinski definition) is 5. The maximum Gasteiger partial charge on any atom is 0.248 e. The average molecular weight is 506 g/mol. The lowest BCUT2D eigenvalue weighted by molar-refractivity contribution is -0.117. The van der Waals surface area contributed by atoms with Gasteiger partial charge in [-0.15, -0.1) is 0 Å². The molecule has 4 aromatic carbocycles. The molecular formula is C31H27N3O4. The topological polar surface area (TPSA) is 94.2 Å². The second-order valence-electron chi connectivity index (χ2n) is 8.85. The van der Waals surface area contributed by atoms with Crippen molar-refractivity contribution in [3.8, 4) is 22.6 Å². The van der Waals surface area contributed by atoms with E-state index in [2.05, 4.69) is 0 Å². The summed E-state index contributed by atoms with van der Waals surface area (Å²) in [6.07, 6.45) is 0. The number of benzodiazepines with no additional fused rings is 1. The smallest absolute Gasteiger partial charge is 0.248 e. The number of carbonyl (C=O) groups is 2. The highest BCUT2D eigenvalue weighted by Crippen LogP contribution is 2.42. The predicted molar refractivity (Wildman–Crippen MR) is 148 cm³/mol. The minimum absolute atomic E-state index is 0.0516. The van der Waals surface area contributed by atoms with E-state index in [0.717, 1.165) is 22.3 Å². The molecule has 2 amide bonds. The fourth-order valence-electron chi connectivity index (χ4n) is 4.69. The van der Waals surface area contributed by atoms with Crippen LogP contribution in [0.25, 0.3) is 11.1 Å². The highest BCUT2D eigenvalue weighted by atomic mass is 16.5. The molecule has 0 saturated heterocycles. The second-order valence-corrected chi connectivity index (χ2v) is 8.85. The van der Waals surface area contributed by atoms with Gasteiger partial charge in [0.1, 0.15) is 18.0 Å². The van der Waals surface area contributed by atoms with Gasteiger partial charge in [-0.1, -0.05) is 60.7 Å². The highest BCUT2D eigenvalue weighted by Gasteiger charge is 2.28. The van der Waals surface area contributed by atoms with Gasteiger partial charge in [0.2, 0.25) is 11.8 Å². The number of amides is 2. The first-order valence-corrected chi connectivity index (χ1v) is 12.1. The first-order valence-electron chi connectivity index (χ1n) is 12.1. The normalized spacial score (nSPS) is 12.8. The Morgan fingerprint density at radius 1 is 0.842 bits per heavy atom. The number of ether oxygens (including phenoxy) is 2. The second kappa shape index (κ2) is 10.6. The van der Waals surface area contributed by atoms with Crippen molar-refractivity contribution in [1.82, 2.24) is 0 Å². The molecule has 190 valence electrons. The summed E-state index contributed by atoms with van der Waals surface area (Å²) >= 11 is 0. The summed E-state index contributed by atoms with van der Waals surface area (Å²) in [6.45, 7) is 0.317. The molecule has 1 heterocycles. The molecule has 0 atom stereocenters. The zero-order valence-corrected chi connectivity index (χ0v) is 21.2. The van der Waals surface area contributed by atoms with Gasteiger partial charge < -0.3 is 20.1 Å². The Morgan fingerprint density at radius 2 is 1.58 bits per heavy atom. The van der Waals surface area contributed by atoms with Crippen LogP contribution in [0, 0.1) is 0 Å². The third-order valence-corrected chi connectivity index (χ3v) is 6.54. The Labute approximate surface area is 221 Å². The van der Waals surface area contributed by atoms with E-state index in [4.69, 9.17) is 20.2 Å². The van der Waals surface area contributed by atoms with Crippen LogP contribution in [0.15, 0.2) is 96.0 Å². The summed E-state index contributed by atoms with van der Waals surface area (Å²) in [4.78, 5) is 31.9. The molecule has 0 aliphatic carbocycles. The number of fused-ring (bicyclic) bond motifs is 1. The van der Waals surface area contributed by atoms with Crippen LogP contribution >= 0.6 is 0 Å². The summed E-state index contributed by atoms with van der Waals surface area (Å²) in [5.41, 5.74) is 11.2. The van der Waals surface area contributed by atoms with Crippen LogP contribution in [0.2, 0.25) is 0 Å². The number of methoxy groups -OCH3 is 2. The van der Waals surface area contributed by atoms with E-state index in [0.29, 0.717) is 40.6 Å². The molecule has 7 nitrogen and oxygen atoms in total. The molecule has 38 heavy (non-hydrogen) atoms. The van der Waals surface area contributed by atoms with Crippen LogP contribution in [-0.4, -0.2) is 38.3 Å². The highest BCUT2D eigenvalue weighted by molar-refractivity contribution is 6.20. The molecule has 0 bridgehead atoms. The van der Waals surface area contributed by atoms with Crippen LogP contribution in [0.1, 0.15) is 27.0 Å². The van der Waals surface area contributed by atoms with E-state index >= 15 is 0 Å². The number of hydrogen-bond donors (Lipinski definition) is 1. The number of aliphatic imine (C=N–C) groups is 1. The number of carbonyl (C=O) groups excluding carboxylic acids is 2. The van der Waals surface area contributed by atoms with E-state index in [-0.39, 0.29) is 12.5 Å². The van der Waals surface area contributed by atoms with Crippen molar-refractivity contribution in [2.45, 2.75) is 6.54 Å².